The standard InChI is InChI=1S/C19H24N6O/c1-3-14-7-4-5-8-15(14)13-22-19(20-2)21-11-10-17-23-18(25-24-17)16-9-6-12-26-16/h4-9,12H,3,10-11,13H2,1-2H3,(H2,20,21,22)(H,23,24,25). The molecule has 0 atom stereocenters. The minimum absolute atomic E-state index is 0.573. The second-order valence-corrected chi connectivity index (χ2v) is 5.81. The molecule has 0 aliphatic heterocycles. The minimum Gasteiger partial charge on any atom is -0.461 e. The lowest BCUT2D eigenvalue weighted by molar-refractivity contribution is 0.577. The summed E-state index contributed by atoms with van der Waals surface area (Å²) in [6.07, 6.45) is 3.34. The third kappa shape index (κ3) is 4.50. The van der Waals surface area contributed by atoms with E-state index in [1.807, 2.05) is 12.1 Å². The van der Waals surface area contributed by atoms with E-state index in [2.05, 4.69) is 62.0 Å². The van der Waals surface area contributed by atoms with E-state index in [4.69, 9.17) is 4.42 Å². The van der Waals surface area contributed by atoms with Crippen LogP contribution in [0.1, 0.15) is 23.9 Å². The van der Waals surface area contributed by atoms with Crippen LogP contribution in [0.2, 0.25) is 0 Å². The second kappa shape index (κ2) is 8.84. The summed E-state index contributed by atoms with van der Waals surface area (Å²) in [6, 6.07) is 12.1. The molecule has 0 aliphatic carbocycles. The van der Waals surface area contributed by atoms with Gasteiger partial charge in [0.2, 0.25) is 5.82 Å². The van der Waals surface area contributed by atoms with Crippen molar-refractivity contribution in [3.05, 3.63) is 59.6 Å². The van der Waals surface area contributed by atoms with Gasteiger partial charge in [-0.2, -0.15) is 5.10 Å². The van der Waals surface area contributed by atoms with E-state index in [-0.39, 0.29) is 0 Å². The molecule has 1 aromatic carbocycles. The van der Waals surface area contributed by atoms with Crippen molar-refractivity contribution in [3.63, 3.8) is 0 Å². The summed E-state index contributed by atoms with van der Waals surface area (Å²) >= 11 is 0. The van der Waals surface area contributed by atoms with Gasteiger partial charge < -0.3 is 15.1 Å². The van der Waals surface area contributed by atoms with Crippen LogP contribution in [0, 0.1) is 0 Å². The first-order valence-corrected chi connectivity index (χ1v) is 8.76. The summed E-state index contributed by atoms with van der Waals surface area (Å²) in [5, 5.41) is 13.8. The SMILES string of the molecule is CCc1ccccc1CNC(=NC)NCCc1nc(-c2ccco2)n[nH]1. The zero-order chi connectivity index (χ0) is 18.2. The molecule has 7 heteroatoms. The van der Waals surface area contributed by atoms with Crippen LogP contribution < -0.4 is 10.6 Å². The van der Waals surface area contributed by atoms with Gasteiger partial charge in [-0.3, -0.25) is 10.1 Å². The molecule has 0 bridgehead atoms. The topological polar surface area (TPSA) is 91.1 Å². The van der Waals surface area contributed by atoms with Gasteiger partial charge in [-0.1, -0.05) is 31.2 Å². The van der Waals surface area contributed by atoms with Crippen LogP contribution in [0.4, 0.5) is 0 Å². The van der Waals surface area contributed by atoms with Crippen molar-refractivity contribution in [2.24, 2.45) is 4.99 Å². The van der Waals surface area contributed by atoms with Crippen LogP contribution in [0.5, 0.6) is 0 Å². The predicted octanol–water partition coefficient (Wildman–Crippen LogP) is 2.53. The van der Waals surface area contributed by atoms with Crippen molar-refractivity contribution in [2.45, 2.75) is 26.3 Å². The summed E-state index contributed by atoms with van der Waals surface area (Å²) in [6.45, 7) is 3.61. The van der Waals surface area contributed by atoms with E-state index in [0.717, 1.165) is 24.7 Å². The Balaban J connectivity index is 1.47. The number of nitrogens with one attached hydrogen (secondary N) is 3. The summed E-state index contributed by atoms with van der Waals surface area (Å²) < 4.78 is 5.30. The molecule has 26 heavy (non-hydrogen) atoms. The Bertz CT molecular complexity index is 837. The highest BCUT2D eigenvalue weighted by Crippen LogP contribution is 2.14. The lowest BCUT2D eigenvalue weighted by Crippen LogP contribution is -2.38. The molecule has 0 fully saturated rings. The van der Waals surface area contributed by atoms with E-state index in [1.165, 1.54) is 11.1 Å². The average molecular weight is 352 g/mol. The highest BCUT2D eigenvalue weighted by Gasteiger charge is 2.08. The minimum atomic E-state index is 0.573. The highest BCUT2D eigenvalue weighted by molar-refractivity contribution is 5.79. The molecule has 3 aromatic rings. The Morgan fingerprint density at radius 1 is 1.15 bits per heavy atom. The summed E-state index contributed by atoms with van der Waals surface area (Å²) in [7, 11) is 1.77. The maximum absolute atomic E-state index is 5.30. The first-order valence-electron chi connectivity index (χ1n) is 8.76. The van der Waals surface area contributed by atoms with Crippen LogP contribution >= 0.6 is 0 Å². The van der Waals surface area contributed by atoms with Gasteiger partial charge in [0.1, 0.15) is 5.82 Å². The highest BCUT2D eigenvalue weighted by atomic mass is 16.3. The van der Waals surface area contributed by atoms with Gasteiger partial charge in [0, 0.05) is 26.6 Å². The number of hydrogen-bond acceptors (Lipinski definition) is 4. The number of benzene rings is 1. The quantitative estimate of drug-likeness (QED) is 0.449. The molecule has 2 aromatic heterocycles. The van der Waals surface area contributed by atoms with Gasteiger partial charge in [-0.05, 0) is 29.7 Å². The van der Waals surface area contributed by atoms with Crippen molar-refractivity contribution in [2.75, 3.05) is 13.6 Å². The van der Waals surface area contributed by atoms with Crippen LogP contribution in [-0.2, 0) is 19.4 Å². The van der Waals surface area contributed by atoms with Crippen LogP contribution in [0.15, 0.2) is 52.1 Å². The van der Waals surface area contributed by atoms with Crippen LogP contribution in [0.25, 0.3) is 11.6 Å². The number of guanidine groups is 1. The molecule has 0 spiro atoms. The van der Waals surface area contributed by atoms with E-state index < -0.39 is 0 Å². The monoisotopic (exact) mass is 352 g/mol. The molecule has 0 saturated carbocycles. The lowest BCUT2D eigenvalue weighted by atomic mass is 10.1. The molecule has 0 radical (unpaired) electrons. The van der Waals surface area contributed by atoms with Crippen molar-refractivity contribution in [1.82, 2.24) is 25.8 Å². The fourth-order valence-electron chi connectivity index (χ4n) is 2.70. The van der Waals surface area contributed by atoms with E-state index in [0.29, 0.717) is 24.6 Å². The van der Waals surface area contributed by atoms with Crippen LogP contribution in [-0.4, -0.2) is 34.7 Å². The number of aromatic nitrogens is 3. The number of aliphatic imine (C=N–C) groups is 1. The van der Waals surface area contributed by atoms with Crippen molar-refractivity contribution >= 4 is 5.96 Å². The molecular formula is C19H24N6O. The molecule has 3 N–H and O–H groups in total. The molecule has 0 unspecified atom stereocenters. The number of furan rings is 1. The van der Waals surface area contributed by atoms with Gasteiger partial charge in [-0.25, -0.2) is 4.98 Å². The Morgan fingerprint density at radius 2 is 2.00 bits per heavy atom. The number of aryl methyl sites for hydroxylation is 1. The molecule has 0 saturated heterocycles. The fraction of sp³-hybridized carbons (Fsp3) is 0.316. The van der Waals surface area contributed by atoms with E-state index in [1.54, 1.807) is 13.3 Å². The van der Waals surface area contributed by atoms with Gasteiger partial charge in [0.05, 0.1) is 6.26 Å². The number of nitrogens with zero attached hydrogens (tertiary/aromatic N) is 3. The summed E-state index contributed by atoms with van der Waals surface area (Å²) in [5.74, 6) is 2.80. The smallest absolute Gasteiger partial charge is 0.216 e. The third-order valence-electron chi connectivity index (χ3n) is 4.10. The zero-order valence-electron chi connectivity index (χ0n) is 15.1. The van der Waals surface area contributed by atoms with Crippen molar-refractivity contribution in [3.8, 4) is 11.6 Å². The second-order valence-electron chi connectivity index (χ2n) is 5.81. The molecular weight excluding hydrogens is 328 g/mol. The maximum atomic E-state index is 5.30. The molecule has 0 amide bonds. The largest absolute Gasteiger partial charge is 0.461 e. The Morgan fingerprint density at radius 3 is 2.73 bits per heavy atom. The third-order valence-corrected chi connectivity index (χ3v) is 4.10. The maximum Gasteiger partial charge on any atom is 0.216 e. The average Bonchev–Trinajstić information content (AvgIpc) is 3.36. The zero-order valence-corrected chi connectivity index (χ0v) is 15.1. The number of rotatable bonds is 7. The van der Waals surface area contributed by atoms with Gasteiger partial charge >= 0.3 is 0 Å². The molecule has 7 nitrogen and oxygen atoms in total. The van der Waals surface area contributed by atoms with Crippen LogP contribution in [0.3, 0.4) is 0 Å². The Hall–Kier alpha value is -3.09. The number of aromatic amines is 1. The number of H-pyrrole nitrogens is 1. The van der Waals surface area contributed by atoms with Crippen molar-refractivity contribution < 1.29 is 4.42 Å². The predicted molar refractivity (Wildman–Crippen MR) is 102 cm³/mol. The molecule has 2 heterocycles. The fourth-order valence-corrected chi connectivity index (χ4v) is 2.70. The summed E-state index contributed by atoms with van der Waals surface area (Å²) in [5.41, 5.74) is 2.64. The van der Waals surface area contributed by atoms with Crippen molar-refractivity contribution in [1.29, 1.82) is 0 Å². The lowest BCUT2D eigenvalue weighted by Gasteiger charge is -2.13. The van der Waals surface area contributed by atoms with Gasteiger partial charge in [0.25, 0.3) is 0 Å². The number of hydrogen-bond donors (Lipinski definition) is 3. The summed E-state index contributed by atoms with van der Waals surface area (Å²) in [4.78, 5) is 8.70. The van der Waals surface area contributed by atoms with E-state index >= 15 is 0 Å². The Labute approximate surface area is 153 Å². The first kappa shape index (κ1) is 17.7. The molecule has 3 rings (SSSR count). The Kier molecular flexibility index (Phi) is 6.03. The normalized spacial score (nSPS) is 11.5. The van der Waals surface area contributed by atoms with Gasteiger partial charge in [0.15, 0.2) is 11.7 Å². The molecule has 136 valence electrons. The van der Waals surface area contributed by atoms with Gasteiger partial charge in [-0.15, -0.1) is 0 Å². The molecule has 0 aliphatic rings. The first-order chi connectivity index (χ1) is 12.8. The van der Waals surface area contributed by atoms with E-state index in [9.17, 15) is 0 Å².